The number of carbonyl (C=O) groups excluding carboxylic acids is 1. The van der Waals surface area contributed by atoms with E-state index in [1.807, 2.05) is 48.5 Å². The zero-order chi connectivity index (χ0) is 16.9. The molecule has 5 heteroatoms. The monoisotopic (exact) mass is 345 g/mol. The Morgan fingerprint density at radius 3 is 2.79 bits per heavy atom. The molecule has 126 valence electrons. The molecule has 0 aliphatic heterocycles. The largest absolute Gasteiger partial charge is 0.497 e. The van der Waals surface area contributed by atoms with Crippen molar-refractivity contribution in [2.75, 3.05) is 20.3 Å². The second-order valence-electron chi connectivity index (χ2n) is 5.79. The summed E-state index contributed by atoms with van der Waals surface area (Å²) >= 11 is 6.19. The number of amides is 1. The first-order valence-corrected chi connectivity index (χ1v) is 8.36. The summed E-state index contributed by atoms with van der Waals surface area (Å²) in [7, 11) is 1.62. The van der Waals surface area contributed by atoms with Crippen molar-refractivity contribution in [2.24, 2.45) is 5.92 Å². The zero-order valence-electron chi connectivity index (χ0n) is 13.5. The second kappa shape index (κ2) is 7.58. The molecule has 1 aliphatic rings. The molecule has 1 saturated carbocycles. The highest BCUT2D eigenvalue weighted by Gasteiger charge is 2.44. The van der Waals surface area contributed by atoms with Crippen LogP contribution in [-0.2, 0) is 4.79 Å². The molecule has 0 aromatic heterocycles. The molecule has 0 heterocycles. The maximum Gasteiger partial charge on any atom is 0.223 e. The van der Waals surface area contributed by atoms with Gasteiger partial charge >= 0.3 is 0 Å². The van der Waals surface area contributed by atoms with Crippen molar-refractivity contribution in [1.82, 2.24) is 5.32 Å². The van der Waals surface area contributed by atoms with Crippen LogP contribution in [0.2, 0.25) is 5.02 Å². The molecule has 1 aliphatic carbocycles. The minimum atomic E-state index is 0.0155. The Labute approximate surface area is 146 Å². The Balaban J connectivity index is 1.41. The summed E-state index contributed by atoms with van der Waals surface area (Å²) in [6.07, 6.45) is 0.853. The van der Waals surface area contributed by atoms with Crippen molar-refractivity contribution in [2.45, 2.75) is 12.3 Å². The van der Waals surface area contributed by atoms with Gasteiger partial charge in [0.2, 0.25) is 5.91 Å². The molecule has 3 rings (SSSR count). The van der Waals surface area contributed by atoms with E-state index >= 15 is 0 Å². The van der Waals surface area contributed by atoms with Crippen LogP contribution in [0.5, 0.6) is 11.5 Å². The smallest absolute Gasteiger partial charge is 0.223 e. The summed E-state index contributed by atoms with van der Waals surface area (Å²) in [5.41, 5.74) is 1.06. The lowest BCUT2D eigenvalue weighted by Gasteiger charge is -2.09. The van der Waals surface area contributed by atoms with Crippen LogP contribution in [0.25, 0.3) is 0 Å². The molecule has 1 amide bonds. The van der Waals surface area contributed by atoms with E-state index in [4.69, 9.17) is 21.1 Å². The highest BCUT2D eigenvalue weighted by atomic mass is 35.5. The molecule has 2 aromatic rings. The van der Waals surface area contributed by atoms with Crippen LogP contribution in [0.1, 0.15) is 17.9 Å². The summed E-state index contributed by atoms with van der Waals surface area (Å²) < 4.78 is 10.8. The summed E-state index contributed by atoms with van der Waals surface area (Å²) in [6.45, 7) is 0.893. The van der Waals surface area contributed by atoms with E-state index in [2.05, 4.69) is 5.32 Å². The predicted octanol–water partition coefficient (Wildman–Crippen LogP) is 3.65. The molecule has 0 saturated heterocycles. The highest BCUT2D eigenvalue weighted by molar-refractivity contribution is 6.31. The first-order valence-electron chi connectivity index (χ1n) is 7.98. The Morgan fingerprint density at radius 1 is 1.21 bits per heavy atom. The molecule has 1 N–H and O–H groups in total. The average Bonchev–Trinajstić information content (AvgIpc) is 3.40. The quantitative estimate of drug-likeness (QED) is 0.779. The van der Waals surface area contributed by atoms with Gasteiger partial charge in [0.05, 0.1) is 13.7 Å². The van der Waals surface area contributed by atoms with E-state index in [9.17, 15) is 4.79 Å². The maximum absolute atomic E-state index is 12.2. The van der Waals surface area contributed by atoms with Gasteiger partial charge in [0.15, 0.2) is 0 Å². The van der Waals surface area contributed by atoms with Crippen LogP contribution in [0.15, 0.2) is 48.5 Å². The fourth-order valence-electron chi connectivity index (χ4n) is 2.77. The van der Waals surface area contributed by atoms with Gasteiger partial charge in [-0.25, -0.2) is 0 Å². The van der Waals surface area contributed by atoms with Crippen LogP contribution < -0.4 is 14.8 Å². The fourth-order valence-corrected chi connectivity index (χ4v) is 3.05. The van der Waals surface area contributed by atoms with E-state index in [1.165, 1.54) is 0 Å². The van der Waals surface area contributed by atoms with Crippen LogP contribution in [0.3, 0.4) is 0 Å². The lowest BCUT2D eigenvalue weighted by molar-refractivity contribution is -0.122. The van der Waals surface area contributed by atoms with E-state index in [0.29, 0.717) is 13.2 Å². The van der Waals surface area contributed by atoms with Gasteiger partial charge in [0, 0.05) is 17.0 Å². The van der Waals surface area contributed by atoms with E-state index < -0.39 is 0 Å². The molecule has 4 nitrogen and oxygen atoms in total. The molecule has 0 radical (unpaired) electrons. The molecule has 1 fully saturated rings. The minimum Gasteiger partial charge on any atom is -0.497 e. The molecular formula is C19H20ClNO3. The molecule has 0 spiro atoms. The summed E-state index contributed by atoms with van der Waals surface area (Å²) in [5, 5.41) is 3.66. The topological polar surface area (TPSA) is 47.6 Å². The van der Waals surface area contributed by atoms with Crippen LogP contribution in [0.4, 0.5) is 0 Å². The Bertz CT molecular complexity index is 719. The maximum atomic E-state index is 12.2. The van der Waals surface area contributed by atoms with Crippen LogP contribution in [0, 0.1) is 5.92 Å². The predicted molar refractivity (Wildman–Crippen MR) is 93.8 cm³/mol. The average molecular weight is 346 g/mol. The second-order valence-corrected chi connectivity index (χ2v) is 6.20. The zero-order valence-corrected chi connectivity index (χ0v) is 14.3. The van der Waals surface area contributed by atoms with E-state index in [1.54, 1.807) is 7.11 Å². The van der Waals surface area contributed by atoms with Crippen molar-refractivity contribution in [3.8, 4) is 11.5 Å². The summed E-state index contributed by atoms with van der Waals surface area (Å²) in [6, 6.07) is 15.1. The number of halogens is 1. The van der Waals surface area contributed by atoms with E-state index in [-0.39, 0.29) is 17.7 Å². The highest BCUT2D eigenvalue weighted by Crippen LogP contribution is 2.49. The standard InChI is InChI=1S/C19H20ClNO3/c1-23-13-5-4-6-14(11-13)24-10-9-21-19(22)17-12-16(17)15-7-2-3-8-18(15)20/h2-8,11,16-17H,9-10,12H2,1H3,(H,21,22). The van der Waals surface area contributed by atoms with Crippen molar-refractivity contribution in [1.29, 1.82) is 0 Å². The van der Waals surface area contributed by atoms with Gasteiger partial charge in [-0.3, -0.25) is 4.79 Å². The summed E-state index contributed by atoms with van der Waals surface area (Å²) in [5.74, 6) is 1.79. The van der Waals surface area contributed by atoms with Gasteiger partial charge in [-0.2, -0.15) is 0 Å². The van der Waals surface area contributed by atoms with Gasteiger partial charge in [-0.15, -0.1) is 0 Å². The fraction of sp³-hybridized carbons (Fsp3) is 0.316. The number of benzene rings is 2. The molecule has 2 unspecified atom stereocenters. The van der Waals surface area contributed by atoms with Crippen molar-refractivity contribution < 1.29 is 14.3 Å². The first kappa shape index (κ1) is 16.7. The van der Waals surface area contributed by atoms with Gasteiger partial charge in [-0.1, -0.05) is 35.9 Å². The Morgan fingerprint density at radius 2 is 2.00 bits per heavy atom. The van der Waals surface area contributed by atoms with E-state index in [0.717, 1.165) is 28.5 Å². The van der Waals surface area contributed by atoms with Gasteiger partial charge in [0.25, 0.3) is 0 Å². The molecular weight excluding hydrogens is 326 g/mol. The van der Waals surface area contributed by atoms with Crippen molar-refractivity contribution >= 4 is 17.5 Å². The van der Waals surface area contributed by atoms with Gasteiger partial charge in [-0.05, 0) is 36.1 Å². The lowest BCUT2D eigenvalue weighted by atomic mass is 10.1. The summed E-state index contributed by atoms with van der Waals surface area (Å²) in [4.78, 5) is 12.2. The van der Waals surface area contributed by atoms with Crippen molar-refractivity contribution in [3.63, 3.8) is 0 Å². The van der Waals surface area contributed by atoms with Crippen molar-refractivity contribution in [3.05, 3.63) is 59.1 Å². The van der Waals surface area contributed by atoms with Crippen LogP contribution >= 0.6 is 11.6 Å². The molecule has 2 atom stereocenters. The first-order chi connectivity index (χ1) is 11.7. The lowest BCUT2D eigenvalue weighted by Crippen LogP contribution is -2.29. The Kier molecular flexibility index (Phi) is 5.26. The number of carbonyl (C=O) groups is 1. The number of nitrogens with one attached hydrogen (secondary N) is 1. The number of hydrogen-bond donors (Lipinski definition) is 1. The molecule has 0 bridgehead atoms. The third-order valence-electron chi connectivity index (χ3n) is 4.14. The van der Waals surface area contributed by atoms with Gasteiger partial charge in [0.1, 0.15) is 18.1 Å². The molecule has 24 heavy (non-hydrogen) atoms. The normalized spacial score (nSPS) is 18.8. The minimum absolute atomic E-state index is 0.0155. The molecule has 2 aromatic carbocycles. The number of ether oxygens (including phenoxy) is 2. The Hall–Kier alpha value is -2.20. The number of hydrogen-bond acceptors (Lipinski definition) is 3. The number of methoxy groups -OCH3 is 1. The SMILES string of the molecule is COc1cccc(OCCNC(=O)C2CC2c2ccccc2Cl)c1. The van der Waals surface area contributed by atoms with Crippen LogP contribution in [-0.4, -0.2) is 26.2 Å². The van der Waals surface area contributed by atoms with Gasteiger partial charge < -0.3 is 14.8 Å². The number of rotatable bonds is 7. The third kappa shape index (κ3) is 4.01. The third-order valence-corrected chi connectivity index (χ3v) is 4.49.